The molecule has 0 bridgehead atoms. The highest BCUT2D eigenvalue weighted by atomic mass is 19.1. The van der Waals surface area contributed by atoms with Gasteiger partial charge in [0.2, 0.25) is 0 Å². The van der Waals surface area contributed by atoms with Gasteiger partial charge in [0.15, 0.2) is 0 Å². The maximum absolute atomic E-state index is 13.5. The van der Waals surface area contributed by atoms with Gasteiger partial charge in [-0.3, -0.25) is 0 Å². The first kappa shape index (κ1) is 12.3. The van der Waals surface area contributed by atoms with Gasteiger partial charge in [0.1, 0.15) is 11.6 Å². The van der Waals surface area contributed by atoms with E-state index in [4.69, 9.17) is 9.68 Å². The molecule has 0 fully saturated rings. The Bertz CT molecular complexity index is 543. The SMILES string of the molecule is N#Cc1ccc(CNCCc2ccco2)c(F)c1. The second-order valence-electron chi connectivity index (χ2n) is 3.92. The Morgan fingerprint density at radius 1 is 1.33 bits per heavy atom. The van der Waals surface area contributed by atoms with Crippen molar-refractivity contribution in [1.82, 2.24) is 5.32 Å². The Balaban J connectivity index is 1.82. The van der Waals surface area contributed by atoms with Gasteiger partial charge in [-0.05, 0) is 24.3 Å². The van der Waals surface area contributed by atoms with Crippen molar-refractivity contribution in [2.24, 2.45) is 0 Å². The van der Waals surface area contributed by atoms with Crippen molar-refractivity contribution in [1.29, 1.82) is 5.26 Å². The molecule has 18 heavy (non-hydrogen) atoms. The van der Waals surface area contributed by atoms with Crippen LogP contribution in [-0.4, -0.2) is 6.54 Å². The highest BCUT2D eigenvalue weighted by molar-refractivity contribution is 5.32. The largest absolute Gasteiger partial charge is 0.469 e. The van der Waals surface area contributed by atoms with Crippen LogP contribution in [0, 0.1) is 17.1 Å². The second kappa shape index (κ2) is 5.99. The van der Waals surface area contributed by atoms with E-state index in [9.17, 15) is 4.39 Å². The number of rotatable bonds is 5. The normalized spacial score (nSPS) is 10.2. The van der Waals surface area contributed by atoms with Crippen LogP contribution in [0.15, 0.2) is 41.0 Å². The van der Waals surface area contributed by atoms with Crippen LogP contribution < -0.4 is 5.32 Å². The van der Waals surface area contributed by atoms with Crippen molar-refractivity contribution in [2.75, 3.05) is 6.54 Å². The van der Waals surface area contributed by atoms with Crippen molar-refractivity contribution < 1.29 is 8.81 Å². The molecule has 0 aliphatic heterocycles. The standard InChI is InChI=1S/C14H13FN2O/c15-14-8-11(9-16)3-4-12(14)10-17-6-5-13-2-1-7-18-13/h1-4,7-8,17H,5-6,10H2. The molecule has 0 atom stereocenters. The van der Waals surface area contributed by atoms with E-state index in [1.54, 1.807) is 18.4 Å². The van der Waals surface area contributed by atoms with Gasteiger partial charge < -0.3 is 9.73 Å². The highest BCUT2D eigenvalue weighted by Gasteiger charge is 2.03. The summed E-state index contributed by atoms with van der Waals surface area (Å²) < 4.78 is 18.7. The fourth-order valence-corrected chi connectivity index (χ4v) is 1.65. The molecule has 0 unspecified atom stereocenters. The molecule has 1 N–H and O–H groups in total. The number of benzene rings is 1. The molecule has 2 rings (SSSR count). The Morgan fingerprint density at radius 2 is 2.22 bits per heavy atom. The molecule has 1 aromatic carbocycles. The predicted octanol–water partition coefficient (Wildman–Crippen LogP) is 2.62. The third-order valence-corrected chi connectivity index (χ3v) is 2.63. The van der Waals surface area contributed by atoms with Crippen LogP contribution in [0.5, 0.6) is 0 Å². The summed E-state index contributed by atoms with van der Waals surface area (Å²) in [5.41, 5.74) is 0.903. The summed E-state index contributed by atoms with van der Waals surface area (Å²) >= 11 is 0. The number of nitrogens with one attached hydrogen (secondary N) is 1. The van der Waals surface area contributed by atoms with Gasteiger partial charge in [0.05, 0.1) is 17.9 Å². The van der Waals surface area contributed by atoms with E-state index in [1.807, 2.05) is 18.2 Å². The number of nitriles is 1. The number of halogens is 1. The first-order valence-corrected chi connectivity index (χ1v) is 5.71. The summed E-state index contributed by atoms with van der Waals surface area (Å²) in [7, 11) is 0. The summed E-state index contributed by atoms with van der Waals surface area (Å²) in [5.74, 6) is 0.558. The summed E-state index contributed by atoms with van der Waals surface area (Å²) in [6, 6.07) is 10.2. The topological polar surface area (TPSA) is 49.0 Å². The van der Waals surface area contributed by atoms with Gasteiger partial charge >= 0.3 is 0 Å². The van der Waals surface area contributed by atoms with Crippen molar-refractivity contribution in [3.05, 3.63) is 59.3 Å². The van der Waals surface area contributed by atoms with E-state index in [-0.39, 0.29) is 5.82 Å². The minimum Gasteiger partial charge on any atom is -0.469 e. The monoisotopic (exact) mass is 244 g/mol. The number of hydrogen-bond acceptors (Lipinski definition) is 3. The zero-order valence-electron chi connectivity index (χ0n) is 9.82. The predicted molar refractivity (Wildman–Crippen MR) is 65.2 cm³/mol. The lowest BCUT2D eigenvalue weighted by molar-refractivity contribution is 0.497. The van der Waals surface area contributed by atoms with Crippen LogP contribution in [0.25, 0.3) is 0 Å². The Morgan fingerprint density at radius 3 is 2.89 bits per heavy atom. The van der Waals surface area contributed by atoms with E-state index in [0.29, 0.717) is 24.2 Å². The lowest BCUT2D eigenvalue weighted by Crippen LogP contribution is -2.17. The van der Waals surface area contributed by atoms with E-state index < -0.39 is 0 Å². The molecule has 0 radical (unpaired) electrons. The maximum atomic E-state index is 13.5. The maximum Gasteiger partial charge on any atom is 0.129 e. The van der Waals surface area contributed by atoms with Gasteiger partial charge in [-0.2, -0.15) is 5.26 Å². The molecule has 0 aliphatic rings. The molecule has 4 heteroatoms. The van der Waals surface area contributed by atoms with Crippen LogP contribution in [0.2, 0.25) is 0 Å². The quantitative estimate of drug-likeness (QED) is 0.822. The Kier molecular flexibility index (Phi) is 4.11. The van der Waals surface area contributed by atoms with Crippen molar-refractivity contribution in [3.8, 4) is 6.07 Å². The van der Waals surface area contributed by atoms with E-state index in [0.717, 1.165) is 12.2 Å². The van der Waals surface area contributed by atoms with Gasteiger partial charge in [-0.25, -0.2) is 4.39 Å². The number of furan rings is 1. The molecule has 0 spiro atoms. The molecule has 0 saturated heterocycles. The van der Waals surface area contributed by atoms with Crippen molar-refractivity contribution in [3.63, 3.8) is 0 Å². The number of nitrogens with zero attached hydrogens (tertiary/aromatic N) is 1. The summed E-state index contributed by atoms with van der Waals surface area (Å²) in [6.45, 7) is 1.16. The Hall–Kier alpha value is -2.12. The van der Waals surface area contributed by atoms with Crippen LogP contribution in [0.1, 0.15) is 16.9 Å². The highest BCUT2D eigenvalue weighted by Crippen LogP contribution is 2.09. The Labute approximate surface area is 105 Å². The molecule has 0 aliphatic carbocycles. The smallest absolute Gasteiger partial charge is 0.129 e. The third kappa shape index (κ3) is 3.19. The van der Waals surface area contributed by atoms with Crippen LogP contribution >= 0.6 is 0 Å². The lowest BCUT2D eigenvalue weighted by Gasteiger charge is -2.05. The zero-order chi connectivity index (χ0) is 12.8. The summed E-state index contributed by atoms with van der Waals surface area (Å²) in [4.78, 5) is 0. The lowest BCUT2D eigenvalue weighted by atomic mass is 10.1. The van der Waals surface area contributed by atoms with E-state index >= 15 is 0 Å². The van der Waals surface area contributed by atoms with Gasteiger partial charge in [0.25, 0.3) is 0 Å². The minimum absolute atomic E-state index is 0.340. The van der Waals surface area contributed by atoms with Gasteiger partial charge in [-0.1, -0.05) is 6.07 Å². The van der Waals surface area contributed by atoms with Gasteiger partial charge in [0, 0.05) is 25.1 Å². The minimum atomic E-state index is -0.348. The molecule has 92 valence electrons. The first-order chi connectivity index (χ1) is 8.79. The van der Waals surface area contributed by atoms with Crippen LogP contribution in [-0.2, 0) is 13.0 Å². The molecule has 3 nitrogen and oxygen atoms in total. The van der Waals surface area contributed by atoms with Crippen molar-refractivity contribution >= 4 is 0 Å². The molecular formula is C14H13FN2O. The average molecular weight is 244 g/mol. The molecule has 0 amide bonds. The van der Waals surface area contributed by atoms with Gasteiger partial charge in [-0.15, -0.1) is 0 Å². The van der Waals surface area contributed by atoms with Crippen LogP contribution in [0.4, 0.5) is 4.39 Å². The van der Waals surface area contributed by atoms with E-state index in [1.165, 1.54) is 6.07 Å². The molecule has 1 heterocycles. The molecule has 0 saturated carbocycles. The van der Waals surface area contributed by atoms with Crippen LogP contribution in [0.3, 0.4) is 0 Å². The fraction of sp³-hybridized carbons (Fsp3) is 0.214. The van der Waals surface area contributed by atoms with E-state index in [2.05, 4.69) is 5.32 Å². The molecular weight excluding hydrogens is 231 g/mol. The second-order valence-corrected chi connectivity index (χ2v) is 3.92. The fourth-order valence-electron chi connectivity index (χ4n) is 1.65. The average Bonchev–Trinajstić information content (AvgIpc) is 2.89. The number of hydrogen-bond donors (Lipinski definition) is 1. The van der Waals surface area contributed by atoms with Crippen molar-refractivity contribution in [2.45, 2.75) is 13.0 Å². The summed E-state index contributed by atoms with van der Waals surface area (Å²) in [5, 5.41) is 11.8. The zero-order valence-corrected chi connectivity index (χ0v) is 9.82. The first-order valence-electron chi connectivity index (χ1n) is 5.71. The molecule has 1 aromatic heterocycles. The summed E-state index contributed by atoms with van der Waals surface area (Å²) in [6.07, 6.45) is 2.40. The molecule has 2 aromatic rings. The third-order valence-electron chi connectivity index (χ3n) is 2.63.